The highest BCUT2D eigenvalue weighted by Gasteiger charge is 2.33. The van der Waals surface area contributed by atoms with Gasteiger partial charge < -0.3 is 31.4 Å². The van der Waals surface area contributed by atoms with E-state index in [4.69, 9.17) is 0 Å². The number of carbonyl (C=O) groups excluding carboxylic acids is 4. The second kappa shape index (κ2) is 14.0. The summed E-state index contributed by atoms with van der Waals surface area (Å²) in [4.78, 5) is 56.7. The fourth-order valence-corrected chi connectivity index (χ4v) is 5.20. The summed E-state index contributed by atoms with van der Waals surface area (Å²) in [5.74, 6) is -2.19. The maximum Gasteiger partial charge on any atom is 0.245 e. The number of aromatic amines is 1. The fourth-order valence-electron chi connectivity index (χ4n) is 5.20. The van der Waals surface area contributed by atoms with Gasteiger partial charge in [-0.2, -0.15) is 0 Å². The highest BCUT2D eigenvalue weighted by molar-refractivity contribution is 5.95. The number of aliphatic hydroxyl groups is 1. The second-order valence-corrected chi connectivity index (χ2v) is 10.9. The van der Waals surface area contributed by atoms with Crippen LogP contribution in [0.25, 0.3) is 10.9 Å². The molecule has 1 aliphatic heterocycles. The molecule has 2 bridgehead atoms. The summed E-state index contributed by atoms with van der Waals surface area (Å²) in [6.07, 6.45) is 2.84. The topological polar surface area (TPSA) is 183 Å². The van der Waals surface area contributed by atoms with Crippen LogP contribution in [0.5, 0.6) is 0 Å². The third kappa shape index (κ3) is 7.67. The number of amides is 4. The molecule has 0 radical (unpaired) electrons. The van der Waals surface area contributed by atoms with Crippen LogP contribution in [-0.4, -0.2) is 79.5 Å². The molecule has 4 aromatic rings. The smallest absolute Gasteiger partial charge is 0.245 e. The Morgan fingerprint density at radius 2 is 1.64 bits per heavy atom. The SMILES string of the molecule is C[C@@H](O)[C@@H]1NC(=O)[C@@H](Cc2c[nH]c3ccccc23)NC(=O)CCc2cn(nn2)CCNC(=O)[C@H](Cc2ccccc2)NC1=O. The lowest BCUT2D eigenvalue weighted by atomic mass is 10.0. The van der Waals surface area contributed by atoms with Crippen LogP contribution in [0, 0.1) is 0 Å². The van der Waals surface area contributed by atoms with Crippen LogP contribution in [0.2, 0.25) is 0 Å². The van der Waals surface area contributed by atoms with Gasteiger partial charge in [0, 0.05) is 55.5 Å². The molecule has 13 nitrogen and oxygen atoms in total. The van der Waals surface area contributed by atoms with E-state index >= 15 is 0 Å². The lowest BCUT2D eigenvalue weighted by Crippen LogP contribution is -2.60. The van der Waals surface area contributed by atoms with E-state index < -0.39 is 42.0 Å². The number of hydrogen-bond donors (Lipinski definition) is 6. The Kier molecular flexibility index (Phi) is 9.65. The van der Waals surface area contributed by atoms with Gasteiger partial charge in [-0.1, -0.05) is 53.7 Å². The number of H-pyrrole nitrogens is 1. The Morgan fingerprint density at radius 3 is 2.43 bits per heavy atom. The van der Waals surface area contributed by atoms with Gasteiger partial charge in [-0.3, -0.25) is 23.9 Å². The first-order chi connectivity index (χ1) is 21.3. The van der Waals surface area contributed by atoms with E-state index in [2.05, 4.69) is 36.6 Å². The van der Waals surface area contributed by atoms with Crippen molar-refractivity contribution in [1.29, 1.82) is 0 Å². The molecule has 0 saturated heterocycles. The molecule has 5 rings (SSSR count). The predicted octanol–water partition coefficient (Wildman–Crippen LogP) is 0.142. The summed E-state index contributed by atoms with van der Waals surface area (Å²) >= 11 is 0. The molecule has 1 aliphatic rings. The van der Waals surface area contributed by atoms with Crippen LogP contribution in [-0.2, 0) is 45.0 Å². The minimum Gasteiger partial charge on any atom is -0.391 e. The number of aliphatic hydroxyl groups excluding tert-OH is 1. The molecule has 0 unspecified atom stereocenters. The summed E-state index contributed by atoms with van der Waals surface area (Å²) in [7, 11) is 0. The Bertz CT molecular complexity index is 1620. The molecule has 230 valence electrons. The van der Waals surface area contributed by atoms with Gasteiger partial charge in [-0.05, 0) is 24.1 Å². The van der Waals surface area contributed by atoms with Crippen molar-refractivity contribution in [2.75, 3.05) is 6.54 Å². The number of nitrogens with zero attached hydrogens (tertiary/aromatic N) is 3. The zero-order chi connectivity index (χ0) is 31.1. The van der Waals surface area contributed by atoms with Gasteiger partial charge in [-0.15, -0.1) is 5.10 Å². The van der Waals surface area contributed by atoms with E-state index in [1.807, 2.05) is 54.6 Å². The maximum absolute atomic E-state index is 13.7. The monoisotopic (exact) mass is 600 g/mol. The second-order valence-electron chi connectivity index (χ2n) is 10.9. The molecule has 2 aromatic heterocycles. The molecule has 44 heavy (non-hydrogen) atoms. The number of benzene rings is 2. The quantitative estimate of drug-likeness (QED) is 0.188. The molecule has 2 aromatic carbocycles. The molecule has 4 amide bonds. The Hall–Kier alpha value is -5.04. The molecule has 0 aliphatic carbocycles. The van der Waals surface area contributed by atoms with Crippen molar-refractivity contribution in [1.82, 2.24) is 41.2 Å². The molecule has 0 saturated carbocycles. The van der Waals surface area contributed by atoms with Gasteiger partial charge in [0.15, 0.2) is 0 Å². The Morgan fingerprint density at radius 1 is 0.886 bits per heavy atom. The largest absolute Gasteiger partial charge is 0.391 e. The third-order valence-corrected chi connectivity index (χ3v) is 7.56. The van der Waals surface area contributed by atoms with Gasteiger partial charge in [0.2, 0.25) is 23.6 Å². The van der Waals surface area contributed by atoms with E-state index in [-0.39, 0.29) is 38.1 Å². The van der Waals surface area contributed by atoms with E-state index in [0.29, 0.717) is 12.2 Å². The number of aromatic nitrogens is 4. The molecule has 0 fully saturated rings. The lowest BCUT2D eigenvalue weighted by molar-refractivity contribution is -0.135. The Balaban J connectivity index is 1.43. The van der Waals surface area contributed by atoms with Crippen molar-refractivity contribution in [2.45, 2.75) is 63.4 Å². The number of carbonyl (C=O) groups is 4. The summed E-state index contributed by atoms with van der Waals surface area (Å²) in [5.41, 5.74) is 3.08. The van der Waals surface area contributed by atoms with Gasteiger partial charge in [0.1, 0.15) is 18.1 Å². The highest BCUT2D eigenvalue weighted by atomic mass is 16.3. The molecule has 13 heteroatoms. The average molecular weight is 601 g/mol. The summed E-state index contributed by atoms with van der Waals surface area (Å²) in [6, 6.07) is 13.3. The number of hydrogen-bond acceptors (Lipinski definition) is 7. The fraction of sp³-hybridized carbons (Fsp3) is 0.355. The lowest BCUT2D eigenvalue weighted by Gasteiger charge is -2.27. The molecule has 6 N–H and O–H groups in total. The minimum atomic E-state index is -1.39. The van der Waals surface area contributed by atoms with Crippen molar-refractivity contribution >= 4 is 34.5 Å². The molecule has 4 atom stereocenters. The van der Waals surface area contributed by atoms with Crippen molar-refractivity contribution in [3.8, 4) is 0 Å². The van der Waals surface area contributed by atoms with Crippen molar-refractivity contribution in [2.24, 2.45) is 0 Å². The van der Waals surface area contributed by atoms with Gasteiger partial charge in [0.05, 0.1) is 18.3 Å². The minimum absolute atomic E-state index is 0.0502. The van der Waals surface area contributed by atoms with Crippen LogP contribution < -0.4 is 21.3 Å². The van der Waals surface area contributed by atoms with E-state index in [1.54, 1.807) is 17.1 Å². The third-order valence-electron chi connectivity index (χ3n) is 7.56. The number of nitrogens with one attached hydrogen (secondary N) is 5. The molecule has 3 heterocycles. The molecule has 0 spiro atoms. The average Bonchev–Trinajstić information content (AvgIpc) is 3.64. The highest BCUT2D eigenvalue weighted by Crippen LogP contribution is 2.19. The number of rotatable bonds is 5. The van der Waals surface area contributed by atoms with Crippen LogP contribution in [0.15, 0.2) is 67.0 Å². The van der Waals surface area contributed by atoms with Crippen molar-refractivity contribution in [3.05, 3.63) is 83.8 Å². The first-order valence-electron chi connectivity index (χ1n) is 14.6. The number of aryl methyl sites for hydroxylation is 1. The van der Waals surface area contributed by atoms with Crippen molar-refractivity contribution < 1.29 is 24.3 Å². The van der Waals surface area contributed by atoms with Gasteiger partial charge in [-0.25, -0.2) is 0 Å². The number of para-hydroxylation sites is 1. The van der Waals surface area contributed by atoms with E-state index in [0.717, 1.165) is 22.0 Å². The standard InChI is InChI=1S/C31H36N8O5/c1-19(40)28-31(44)35-25(15-20-7-3-2-4-8-20)29(42)32-13-14-39-18-22(37-38-39)11-12-27(41)34-26(30(43)36-28)16-21-17-33-24-10-6-5-9-23(21)24/h2-10,17-19,25-26,28,33,40H,11-16H2,1H3,(H,32,42)(H,34,41)(H,35,44)(H,36,43)/t19-,25+,26-,28+/m1/s1. The first-order valence-corrected chi connectivity index (χ1v) is 14.6. The number of fused-ring (bicyclic) bond motifs is 3. The van der Waals surface area contributed by atoms with Crippen LogP contribution >= 0.6 is 0 Å². The zero-order valence-electron chi connectivity index (χ0n) is 24.3. The summed E-state index contributed by atoms with van der Waals surface area (Å²) in [6.45, 7) is 1.92. The normalized spacial score (nSPS) is 21.4. The van der Waals surface area contributed by atoms with Crippen molar-refractivity contribution in [3.63, 3.8) is 0 Å². The predicted molar refractivity (Wildman–Crippen MR) is 161 cm³/mol. The van der Waals surface area contributed by atoms with Crippen LogP contribution in [0.3, 0.4) is 0 Å². The molecular formula is C31H36N8O5. The van der Waals surface area contributed by atoms with Crippen LogP contribution in [0.1, 0.15) is 30.2 Å². The van der Waals surface area contributed by atoms with Gasteiger partial charge >= 0.3 is 0 Å². The van der Waals surface area contributed by atoms with Gasteiger partial charge in [0.25, 0.3) is 0 Å². The first kappa shape index (κ1) is 30.4. The van der Waals surface area contributed by atoms with E-state index in [9.17, 15) is 24.3 Å². The Labute approximate surface area is 253 Å². The van der Waals surface area contributed by atoms with E-state index in [1.165, 1.54) is 6.92 Å². The summed E-state index contributed by atoms with van der Waals surface area (Å²) in [5, 5.41) is 30.6. The van der Waals surface area contributed by atoms with Crippen LogP contribution in [0.4, 0.5) is 0 Å². The molecular weight excluding hydrogens is 564 g/mol. The summed E-state index contributed by atoms with van der Waals surface area (Å²) < 4.78 is 1.57. The maximum atomic E-state index is 13.7. The zero-order valence-corrected chi connectivity index (χ0v) is 24.3.